The molecule has 0 aromatic heterocycles. The standard InChI is InChI=1S/C13H18Cl6O3Si/c1-4-20-23(21-5-2,22-6-3)8-7-11(16)9(14)10(15)12(8,17)13(11,18)19/h8H,4-7H2,1-3H3. The summed E-state index contributed by atoms with van der Waals surface area (Å²) in [6.45, 7) is 6.71. The van der Waals surface area contributed by atoms with Crippen molar-refractivity contribution in [3.05, 3.63) is 10.1 Å². The van der Waals surface area contributed by atoms with Crippen LogP contribution in [0.4, 0.5) is 0 Å². The lowest BCUT2D eigenvalue weighted by Crippen LogP contribution is -2.57. The Balaban J connectivity index is 2.59. The van der Waals surface area contributed by atoms with E-state index >= 15 is 0 Å². The van der Waals surface area contributed by atoms with Crippen LogP contribution in [-0.2, 0) is 13.3 Å². The lowest BCUT2D eigenvalue weighted by atomic mass is 10.1. The lowest BCUT2D eigenvalue weighted by Gasteiger charge is -2.41. The highest BCUT2D eigenvalue weighted by Crippen LogP contribution is 2.77. The van der Waals surface area contributed by atoms with Crippen molar-refractivity contribution in [1.82, 2.24) is 0 Å². The van der Waals surface area contributed by atoms with Gasteiger partial charge in [-0.3, -0.25) is 0 Å². The predicted octanol–water partition coefficient (Wildman–Crippen LogP) is 5.64. The summed E-state index contributed by atoms with van der Waals surface area (Å²) in [5.74, 6) is 0. The first-order valence-electron chi connectivity index (χ1n) is 7.32. The largest absolute Gasteiger partial charge is 0.506 e. The third-order valence-electron chi connectivity index (χ3n) is 4.24. The van der Waals surface area contributed by atoms with Gasteiger partial charge in [-0.05, 0) is 27.2 Å². The van der Waals surface area contributed by atoms with Gasteiger partial charge in [0.15, 0.2) is 4.33 Å². The maximum absolute atomic E-state index is 6.85. The summed E-state index contributed by atoms with van der Waals surface area (Å²) < 4.78 is 16.2. The van der Waals surface area contributed by atoms with Crippen molar-refractivity contribution in [2.45, 2.75) is 46.8 Å². The summed E-state index contributed by atoms with van der Waals surface area (Å²) in [5.41, 5.74) is -0.515. The average Bonchev–Trinajstić information content (AvgIpc) is 2.70. The van der Waals surface area contributed by atoms with Gasteiger partial charge in [0.1, 0.15) is 9.75 Å². The van der Waals surface area contributed by atoms with E-state index in [0.717, 1.165) is 0 Å². The number of fused-ring (bicyclic) bond motifs is 2. The van der Waals surface area contributed by atoms with Gasteiger partial charge in [-0.1, -0.05) is 46.4 Å². The molecule has 0 radical (unpaired) electrons. The average molecular weight is 463 g/mol. The Morgan fingerprint density at radius 1 is 0.913 bits per heavy atom. The topological polar surface area (TPSA) is 27.7 Å². The van der Waals surface area contributed by atoms with Gasteiger partial charge in [-0.25, -0.2) is 0 Å². The molecule has 0 saturated heterocycles. The molecule has 2 aliphatic rings. The van der Waals surface area contributed by atoms with Gasteiger partial charge in [0.2, 0.25) is 0 Å². The molecule has 0 aliphatic heterocycles. The van der Waals surface area contributed by atoms with Gasteiger partial charge in [0, 0.05) is 19.8 Å². The van der Waals surface area contributed by atoms with Crippen LogP contribution in [0.2, 0.25) is 5.54 Å². The zero-order chi connectivity index (χ0) is 17.7. The first kappa shape index (κ1) is 20.9. The van der Waals surface area contributed by atoms with Crippen LogP contribution in [0.3, 0.4) is 0 Å². The number of allylic oxidation sites excluding steroid dienone is 2. The molecular formula is C13H18Cl6O3Si. The Morgan fingerprint density at radius 2 is 1.35 bits per heavy atom. The Bertz CT molecular complexity index is 499. The van der Waals surface area contributed by atoms with Crippen molar-refractivity contribution in [3.63, 3.8) is 0 Å². The molecule has 3 nitrogen and oxygen atoms in total. The highest BCUT2D eigenvalue weighted by molar-refractivity contribution is 6.71. The fourth-order valence-electron chi connectivity index (χ4n) is 3.31. The number of alkyl halides is 4. The Kier molecular flexibility index (Phi) is 6.31. The Morgan fingerprint density at radius 3 is 1.65 bits per heavy atom. The summed E-state index contributed by atoms with van der Waals surface area (Å²) in [4.78, 5) is -2.73. The second-order valence-corrected chi connectivity index (χ2v) is 11.5. The molecule has 0 heterocycles. The summed E-state index contributed by atoms with van der Waals surface area (Å²) >= 11 is 39.3. The van der Waals surface area contributed by atoms with E-state index in [-0.39, 0.29) is 16.5 Å². The molecule has 1 saturated carbocycles. The SMILES string of the molecule is CCO[Si](OCC)(OCC)C1CC2(Cl)C(Cl)=C(Cl)C1(Cl)C2(Cl)Cl. The minimum Gasteiger partial charge on any atom is -0.374 e. The molecule has 2 rings (SSSR count). The lowest BCUT2D eigenvalue weighted by molar-refractivity contribution is 0.0588. The zero-order valence-corrected chi connectivity index (χ0v) is 18.4. The van der Waals surface area contributed by atoms with Gasteiger partial charge in [0.05, 0.1) is 15.6 Å². The molecule has 0 aromatic carbocycles. The zero-order valence-electron chi connectivity index (χ0n) is 12.9. The molecule has 0 N–H and O–H groups in total. The molecule has 0 spiro atoms. The van der Waals surface area contributed by atoms with E-state index in [1.165, 1.54) is 0 Å². The third kappa shape index (κ3) is 2.63. The highest BCUT2D eigenvalue weighted by atomic mass is 35.5. The predicted molar refractivity (Wildman–Crippen MR) is 99.3 cm³/mol. The van der Waals surface area contributed by atoms with Crippen molar-refractivity contribution in [2.75, 3.05) is 19.8 Å². The van der Waals surface area contributed by atoms with Crippen LogP contribution in [0.1, 0.15) is 27.2 Å². The molecule has 0 amide bonds. The van der Waals surface area contributed by atoms with E-state index in [2.05, 4.69) is 0 Å². The van der Waals surface area contributed by atoms with Crippen molar-refractivity contribution < 1.29 is 13.3 Å². The first-order chi connectivity index (χ1) is 10.6. The van der Waals surface area contributed by atoms with Gasteiger partial charge in [-0.2, -0.15) is 0 Å². The van der Waals surface area contributed by atoms with E-state index < -0.39 is 28.4 Å². The van der Waals surface area contributed by atoms with Crippen molar-refractivity contribution in [2.24, 2.45) is 0 Å². The van der Waals surface area contributed by atoms with Gasteiger partial charge in [0.25, 0.3) is 0 Å². The maximum atomic E-state index is 6.85. The molecular weight excluding hydrogens is 445 g/mol. The van der Waals surface area contributed by atoms with E-state index in [1.54, 1.807) is 0 Å². The number of rotatable bonds is 7. The number of hydrogen-bond donors (Lipinski definition) is 0. The quantitative estimate of drug-likeness (QED) is 0.362. The van der Waals surface area contributed by atoms with Gasteiger partial charge >= 0.3 is 8.80 Å². The molecule has 2 bridgehead atoms. The van der Waals surface area contributed by atoms with Crippen molar-refractivity contribution in [1.29, 1.82) is 0 Å². The van der Waals surface area contributed by atoms with Crippen molar-refractivity contribution in [3.8, 4) is 0 Å². The Labute approximate surface area is 167 Å². The molecule has 3 unspecified atom stereocenters. The molecule has 10 heteroatoms. The molecule has 1 fully saturated rings. The summed E-state index contributed by atoms with van der Waals surface area (Å²) in [6.07, 6.45) is 0.256. The summed E-state index contributed by atoms with van der Waals surface area (Å²) in [6, 6.07) is 0. The smallest absolute Gasteiger partial charge is 0.374 e. The number of halogens is 6. The van der Waals surface area contributed by atoms with E-state index in [4.69, 9.17) is 82.9 Å². The van der Waals surface area contributed by atoms with Crippen LogP contribution < -0.4 is 0 Å². The van der Waals surface area contributed by atoms with Crippen molar-refractivity contribution >= 4 is 78.4 Å². The highest BCUT2D eigenvalue weighted by Gasteiger charge is 2.83. The van der Waals surface area contributed by atoms with E-state index in [1.807, 2.05) is 20.8 Å². The van der Waals surface area contributed by atoms with Crippen LogP contribution in [0, 0.1) is 0 Å². The fraction of sp³-hybridized carbons (Fsp3) is 0.846. The van der Waals surface area contributed by atoms with Gasteiger partial charge < -0.3 is 13.3 Å². The number of hydrogen-bond acceptors (Lipinski definition) is 3. The van der Waals surface area contributed by atoms with Crippen LogP contribution in [0.25, 0.3) is 0 Å². The van der Waals surface area contributed by atoms with Gasteiger partial charge in [-0.15, -0.1) is 23.2 Å². The van der Waals surface area contributed by atoms with Crippen LogP contribution >= 0.6 is 69.6 Å². The second-order valence-electron chi connectivity index (χ2n) is 5.37. The van der Waals surface area contributed by atoms with E-state index in [9.17, 15) is 0 Å². The normalized spacial score (nSPS) is 36.1. The minimum absolute atomic E-state index is 0.132. The molecule has 0 aromatic rings. The fourth-order valence-corrected chi connectivity index (χ4v) is 10.2. The van der Waals surface area contributed by atoms with Crippen LogP contribution in [-0.4, -0.2) is 42.7 Å². The van der Waals surface area contributed by atoms with Crippen LogP contribution in [0.5, 0.6) is 0 Å². The molecule has 134 valence electrons. The summed E-state index contributed by atoms with van der Waals surface area (Å²) in [7, 11) is -3.26. The monoisotopic (exact) mass is 460 g/mol. The maximum Gasteiger partial charge on any atom is 0.506 e. The third-order valence-corrected chi connectivity index (χ3v) is 12.3. The summed E-state index contributed by atoms with van der Waals surface area (Å²) in [5, 5.41) is 0.303. The van der Waals surface area contributed by atoms with Crippen LogP contribution in [0.15, 0.2) is 10.1 Å². The molecule has 23 heavy (non-hydrogen) atoms. The second kappa shape index (κ2) is 6.95. The minimum atomic E-state index is -3.26. The Hall–Kier alpha value is 1.58. The van der Waals surface area contributed by atoms with E-state index in [0.29, 0.717) is 19.8 Å². The molecule has 3 atom stereocenters. The molecule has 2 aliphatic carbocycles. The first-order valence-corrected chi connectivity index (χ1v) is 11.4.